The van der Waals surface area contributed by atoms with Crippen molar-refractivity contribution >= 4 is 47.9 Å². The highest BCUT2D eigenvalue weighted by atomic mass is 16.8. The van der Waals surface area contributed by atoms with E-state index >= 15 is 0 Å². The first-order chi connectivity index (χ1) is 29.1. The minimum atomic E-state index is -1.85. The number of para-hydroxylation sites is 1. The molecule has 0 spiro atoms. The maximum absolute atomic E-state index is 12.9. The predicted octanol–water partition coefficient (Wildman–Crippen LogP) is 3.09. The first kappa shape index (κ1) is 51.0. The molecule has 2 fully saturated rings. The summed E-state index contributed by atoms with van der Waals surface area (Å²) in [5, 5.41) is 0. The molecule has 21 heteroatoms. The summed E-state index contributed by atoms with van der Waals surface area (Å²) in [6, 6.07) is 5.56. The maximum atomic E-state index is 12.9. The van der Waals surface area contributed by atoms with Crippen LogP contribution in [0, 0.1) is 0 Å². The lowest BCUT2D eigenvalue weighted by molar-refractivity contribution is -0.361. The van der Waals surface area contributed by atoms with Crippen LogP contribution in [0.15, 0.2) is 18.2 Å². The zero-order chi connectivity index (χ0) is 46.4. The lowest BCUT2D eigenvalue weighted by atomic mass is 9.94. The highest BCUT2D eigenvalue weighted by Gasteiger charge is 2.57. The van der Waals surface area contributed by atoms with E-state index in [1.165, 1.54) is 0 Å². The predicted molar refractivity (Wildman–Crippen MR) is 206 cm³/mol. The van der Waals surface area contributed by atoms with Crippen molar-refractivity contribution in [2.45, 2.75) is 149 Å². The maximum Gasteiger partial charge on any atom is 0.513 e. The molecule has 3 rings (SSSR count). The van der Waals surface area contributed by atoms with Gasteiger partial charge in [0.1, 0.15) is 43.9 Å². The monoisotopic (exact) mass is 884 g/mol. The number of hydrogen-bond acceptors (Lipinski definition) is 21. The van der Waals surface area contributed by atoms with Gasteiger partial charge < -0.3 is 61.6 Å². The highest BCUT2D eigenvalue weighted by molar-refractivity contribution is 5.70. The fourth-order valence-corrected chi connectivity index (χ4v) is 6.61. The SMILES string of the molecule is CC(=O)OC[C@H]1O[C@@H](OCCOC(=O)Oc2c(C(C)C)cccc2C(C)C)[C@H](OC(C)=O)[C@@H](OC(C)=O)[C@@H]1OC1O[C@H](COC(C)=O)[C@@H](OC(C)=O)[C@H](OC(C)=O)[C@H]1OC(C)=O. The van der Waals surface area contributed by atoms with Crippen molar-refractivity contribution in [1.82, 2.24) is 0 Å². The minimum absolute atomic E-state index is 0.0201. The molecule has 0 radical (unpaired) electrons. The smallest absolute Gasteiger partial charge is 0.463 e. The molecule has 2 heterocycles. The molecule has 2 aliphatic heterocycles. The van der Waals surface area contributed by atoms with Crippen LogP contribution in [0.5, 0.6) is 5.75 Å². The van der Waals surface area contributed by atoms with Crippen LogP contribution in [0.3, 0.4) is 0 Å². The Balaban J connectivity index is 2.01. The van der Waals surface area contributed by atoms with Gasteiger partial charge in [-0.1, -0.05) is 45.9 Å². The van der Waals surface area contributed by atoms with Crippen molar-refractivity contribution in [2.75, 3.05) is 26.4 Å². The molecule has 0 aromatic heterocycles. The largest absolute Gasteiger partial charge is 0.513 e. The van der Waals surface area contributed by atoms with Gasteiger partial charge in [0.25, 0.3) is 0 Å². The standard InChI is InChI=1S/C41H56O21/c1-19(2)28-13-12-14-29(20(3)4)32(28)62-41(49)51-16-15-50-39-37(57-26(10)47)36(56-25(9)46)34(31(59-39)18-53-22(6)43)61-40-38(58-27(11)48)35(55-24(8)45)33(54-23(7)44)30(60-40)17-52-21(5)42/h12-14,19-20,30-31,33-40H,15-18H2,1-11H3/t30-,31-,33-,34-,35+,36+,37-,38-,39-,40?/m1/s1. The summed E-state index contributed by atoms with van der Waals surface area (Å²) in [6.45, 7) is 13.1. The Labute approximate surface area is 358 Å². The Bertz CT molecular complexity index is 1730. The van der Waals surface area contributed by atoms with Crippen LogP contribution >= 0.6 is 0 Å². The van der Waals surface area contributed by atoms with Gasteiger partial charge in [-0.05, 0) is 23.0 Å². The minimum Gasteiger partial charge on any atom is -0.463 e. The second-order valence-electron chi connectivity index (χ2n) is 14.8. The van der Waals surface area contributed by atoms with E-state index in [2.05, 4.69) is 0 Å². The highest BCUT2D eigenvalue weighted by Crippen LogP contribution is 2.37. The molecule has 0 N–H and O–H groups in total. The number of rotatable bonds is 18. The molecule has 346 valence electrons. The Morgan fingerprint density at radius 1 is 0.500 bits per heavy atom. The van der Waals surface area contributed by atoms with Gasteiger partial charge in [0, 0.05) is 48.5 Å². The van der Waals surface area contributed by atoms with E-state index in [1.807, 2.05) is 45.9 Å². The summed E-state index contributed by atoms with van der Waals surface area (Å²) in [7, 11) is 0. The van der Waals surface area contributed by atoms with Crippen molar-refractivity contribution in [2.24, 2.45) is 0 Å². The Morgan fingerprint density at radius 2 is 0.903 bits per heavy atom. The normalized spacial score (nSPS) is 25.8. The second-order valence-corrected chi connectivity index (χ2v) is 14.8. The quantitative estimate of drug-likeness (QED) is 0.0888. The van der Waals surface area contributed by atoms with Crippen LogP contribution in [0.2, 0.25) is 0 Å². The number of carbonyl (C=O) groups excluding carboxylic acids is 8. The third kappa shape index (κ3) is 15.2. The molecule has 0 bridgehead atoms. The molecule has 21 nitrogen and oxygen atoms in total. The summed E-state index contributed by atoms with van der Waals surface area (Å²) in [5.41, 5.74) is 1.58. The lowest BCUT2D eigenvalue weighted by Gasteiger charge is -2.48. The topological polar surface area (TPSA) is 257 Å². The molecule has 1 unspecified atom stereocenters. The zero-order valence-electron chi connectivity index (χ0n) is 36.6. The van der Waals surface area contributed by atoms with Crippen molar-refractivity contribution in [3.8, 4) is 5.75 Å². The molecule has 1 aromatic carbocycles. The van der Waals surface area contributed by atoms with Crippen LogP contribution in [0.1, 0.15) is 99.1 Å². The van der Waals surface area contributed by atoms with Crippen LogP contribution in [0.4, 0.5) is 4.79 Å². The number of carbonyl (C=O) groups is 8. The summed E-state index contributed by atoms with van der Waals surface area (Å²) in [5.74, 6) is -5.72. The third-order valence-corrected chi connectivity index (χ3v) is 8.98. The van der Waals surface area contributed by atoms with Crippen molar-refractivity contribution < 1.29 is 99.9 Å². The first-order valence-corrected chi connectivity index (χ1v) is 19.8. The fourth-order valence-electron chi connectivity index (χ4n) is 6.61. The molecule has 62 heavy (non-hydrogen) atoms. The third-order valence-electron chi connectivity index (χ3n) is 8.98. The fraction of sp³-hybridized carbons (Fsp3) is 0.659. The van der Waals surface area contributed by atoms with E-state index in [9.17, 15) is 38.4 Å². The van der Waals surface area contributed by atoms with E-state index in [0.717, 1.165) is 59.6 Å². The van der Waals surface area contributed by atoms with Crippen molar-refractivity contribution in [3.63, 3.8) is 0 Å². The molecule has 0 aliphatic carbocycles. The van der Waals surface area contributed by atoms with Crippen molar-refractivity contribution in [3.05, 3.63) is 29.3 Å². The molecule has 1 aromatic rings. The first-order valence-electron chi connectivity index (χ1n) is 19.8. The zero-order valence-corrected chi connectivity index (χ0v) is 36.6. The van der Waals surface area contributed by atoms with E-state index in [-0.39, 0.29) is 11.8 Å². The van der Waals surface area contributed by atoms with E-state index in [4.69, 9.17) is 61.6 Å². The van der Waals surface area contributed by atoms with Gasteiger partial charge in [-0.25, -0.2) is 4.79 Å². The second kappa shape index (κ2) is 23.7. The molecular formula is C41H56O21. The summed E-state index contributed by atoms with van der Waals surface area (Å²) < 4.78 is 73.4. The average molecular weight is 885 g/mol. The lowest BCUT2D eigenvalue weighted by Crippen LogP contribution is -2.67. The summed E-state index contributed by atoms with van der Waals surface area (Å²) in [6.07, 6.45) is -17.4. The van der Waals surface area contributed by atoms with Crippen molar-refractivity contribution in [1.29, 1.82) is 0 Å². The summed E-state index contributed by atoms with van der Waals surface area (Å²) in [4.78, 5) is 99.3. The average Bonchev–Trinajstić information content (AvgIpc) is 3.15. The van der Waals surface area contributed by atoms with E-state index < -0.39 is 136 Å². The number of esters is 7. The Hall–Kier alpha value is -5.38. The van der Waals surface area contributed by atoms with Crippen LogP contribution in [-0.2, 0) is 90.4 Å². The van der Waals surface area contributed by atoms with Gasteiger partial charge in [0.2, 0.25) is 0 Å². The van der Waals surface area contributed by atoms with Gasteiger partial charge in [-0.15, -0.1) is 0 Å². The molecule has 0 saturated carbocycles. The molecule has 10 atom stereocenters. The van der Waals surface area contributed by atoms with Gasteiger partial charge in [-0.2, -0.15) is 0 Å². The Morgan fingerprint density at radius 3 is 1.35 bits per heavy atom. The molecular weight excluding hydrogens is 828 g/mol. The van der Waals surface area contributed by atoms with E-state index in [1.54, 1.807) is 0 Å². The van der Waals surface area contributed by atoms with E-state index in [0.29, 0.717) is 5.75 Å². The number of benzene rings is 1. The van der Waals surface area contributed by atoms with Gasteiger partial charge in [0.05, 0.1) is 6.61 Å². The van der Waals surface area contributed by atoms with Crippen LogP contribution in [-0.4, -0.2) is 136 Å². The Kier molecular flexibility index (Phi) is 19.5. The number of ether oxygens (including phenoxy) is 13. The molecule has 2 saturated heterocycles. The molecule has 2 aliphatic rings. The summed E-state index contributed by atoms with van der Waals surface area (Å²) >= 11 is 0. The van der Waals surface area contributed by atoms with Gasteiger partial charge >= 0.3 is 47.9 Å². The molecule has 0 amide bonds. The van der Waals surface area contributed by atoms with Gasteiger partial charge in [-0.3, -0.25) is 33.6 Å². The van der Waals surface area contributed by atoms with Gasteiger partial charge in [0.15, 0.2) is 43.1 Å². The number of hydrogen-bond donors (Lipinski definition) is 0. The van der Waals surface area contributed by atoms with Crippen LogP contribution in [0.25, 0.3) is 0 Å². The van der Waals surface area contributed by atoms with Crippen LogP contribution < -0.4 is 4.74 Å².